The van der Waals surface area contributed by atoms with E-state index < -0.39 is 11.6 Å². The highest BCUT2D eigenvalue weighted by molar-refractivity contribution is 5.47. The first-order valence-electron chi connectivity index (χ1n) is 9.44. The SMILES string of the molecule is C=CC1(c2ccccc2)C(O)C2(CN(C=O)CCCC)CCN1CC2. The lowest BCUT2D eigenvalue weighted by atomic mass is 9.59. The van der Waals surface area contributed by atoms with Gasteiger partial charge in [0.25, 0.3) is 0 Å². The van der Waals surface area contributed by atoms with Crippen LogP contribution in [-0.4, -0.2) is 53.6 Å². The van der Waals surface area contributed by atoms with Gasteiger partial charge in [-0.3, -0.25) is 9.69 Å². The van der Waals surface area contributed by atoms with Crippen LogP contribution in [0.1, 0.15) is 38.2 Å². The minimum atomic E-state index is -0.563. The molecule has 136 valence electrons. The van der Waals surface area contributed by atoms with Crippen molar-refractivity contribution in [2.75, 3.05) is 26.2 Å². The second-order valence-electron chi connectivity index (χ2n) is 7.58. The summed E-state index contributed by atoms with van der Waals surface area (Å²) < 4.78 is 0. The van der Waals surface area contributed by atoms with Gasteiger partial charge in [0.2, 0.25) is 6.41 Å². The molecule has 1 amide bonds. The standard InChI is InChI=1S/C21H30N2O2/c1-3-5-13-22(17-24)16-20-11-14-23(15-12-20)21(4-2,19(20)25)18-9-7-6-8-10-18/h4,6-10,17,19,25H,2-3,5,11-16H2,1H3. The Morgan fingerprint density at radius 1 is 1.32 bits per heavy atom. The molecule has 25 heavy (non-hydrogen) atoms. The average molecular weight is 342 g/mol. The maximum atomic E-state index is 11.6. The number of nitrogens with zero attached hydrogens (tertiary/aromatic N) is 2. The largest absolute Gasteiger partial charge is 0.390 e. The van der Waals surface area contributed by atoms with Gasteiger partial charge in [-0.25, -0.2) is 0 Å². The smallest absolute Gasteiger partial charge is 0.209 e. The summed E-state index contributed by atoms with van der Waals surface area (Å²) in [7, 11) is 0. The van der Waals surface area contributed by atoms with Crippen molar-refractivity contribution >= 4 is 6.41 Å². The van der Waals surface area contributed by atoms with Crippen molar-refractivity contribution < 1.29 is 9.90 Å². The molecule has 0 aliphatic carbocycles. The number of amides is 1. The Balaban J connectivity index is 1.94. The van der Waals surface area contributed by atoms with E-state index in [-0.39, 0.29) is 5.41 Å². The first-order valence-corrected chi connectivity index (χ1v) is 9.44. The van der Waals surface area contributed by atoms with Crippen LogP contribution in [0.2, 0.25) is 0 Å². The molecule has 1 aromatic rings. The number of aliphatic hydroxyl groups excluding tert-OH is 1. The predicted molar refractivity (Wildman–Crippen MR) is 100 cm³/mol. The molecule has 3 fully saturated rings. The van der Waals surface area contributed by atoms with Crippen molar-refractivity contribution in [3.05, 3.63) is 48.6 Å². The van der Waals surface area contributed by atoms with E-state index in [0.717, 1.165) is 57.3 Å². The Labute approximate surface area is 151 Å². The van der Waals surface area contributed by atoms with E-state index in [1.807, 2.05) is 29.2 Å². The minimum absolute atomic E-state index is 0.257. The van der Waals surface area contributed by atoms with Crippen LogP contribution in [0.3, 0.4) is 0 Å². The number of fused-ring (bicyclic) bond motifs is 3. The number of rotatable bonds is 8. The lowest BCUT2D eigenvalue weighted by Crippen LogP contribution is -2.70. The molecule has 2 unspecified atom stereocenters. The van der Waals surface area contributed by atoms with Gasteiger partial charge in [-0.05, 0) is 24.8 Å². The Bertz CT molecular complexity index is 595. The maximum absolute atomic E-state index is 11.6. The molecule has 0 aromatic heterocycles. The van der Waals surface area contributed by atoms with Crippen molar-refractivity contribution in [1.82, 2.24) is 9.80 Å². The second kappa shape index (κ2) is 7.30. The van der Waals surface area contributed by atoms with Gasteiger partial charge < -0.3 is 10.0 Å². The Morgan fingerprint density at radius 3 is 2.56 bits per heavy atom. The predicted octanol–water partition coefficient (Wildman–Crippen LogP) is 2.78. The third-order valence-electron chi connectivity index (χ3n) is 6.29. The van der Waals surface area contributed by atoms with Gasteiger partial charge in [0, 0.05) is 31.6 Å². The van der Waals surface area contributed by atoms with Crippen LogP contribution in [0.4, 0.5) is 0 Å². The van der Waals surface area contributed by atoms with Gasteiger partial charge in [0.15, 0.2) is 0 Å². The molecular weight excluding hydrogens is 312 g/mol. The van der Waals surface area contributed by atoms with E-state index in [4.69, 9.17) is 0 Å². The molecule has 4 rings (SSSR count). The summed E-state index contributed by atoms with van der Waals surface area (Å²) >= 11 is 0. The summed E-state index contributed by atoms with van der Waals surface area (Å²) in [4.78, 5) is 15.8. The summed E-state index contributed by atoms with van der Waals surface area (Å²) in [6, 6.07) is 10.2. The summed E-state index contributed by atoms with van der Waals surface area (Å²) in [5.41, 5.74) is 0.275. The van der Waals surface area contributed by atoms with E-state index in [0.29, 0.717) is 6.54 Å². The molecule has 2 bridgehead atoms. The summed E-state index contributed by atoms with van der Waals surface area (Å²) in [5.74, 6) is 0. The topological polar surface area (TPSA) is 43.8 Å². The van der Waals surface area contributed by atoms with Crippen LogP contribution in [0.5, 0.6) is 0 Å². The highest BCUT2D eigenvalue weighted by Gasteiger charge is 2.59. The summed E-state index contributed by atoms with van der Waals surface area (Å²) in [6.45, 7) is 9.49. The van der Waals surface area contributed by atoms with Gasteiger partial charge in [-0.2, -0.15) is 0 Å². The van der Waals surface area contributed by atoms with Crippen LogP contribution in [0.15, 0.2) is 43.0 Å². The lowest BCUT2D eigenvalue weighted by molar-refractivity contribution is -0.177. The molecule has 3 heterocycles. The van der Waals surface area contributed by atoms with E-state index in [9.17, 15) is 9.90 Å². The van der Waals surface area contributed by atoms with Crippen LogP contribution in [0.25, 0.3) is 0 Å². The third-order valence-corrected chi connectivity index (χ3v) is 6.29. The molecular formula is C21H30N2O2. The van der Waals surface area contributed by atoms with Crippen molar-refractivity contribution in [2.45, 2.75) is 44.2 Å². The molecule has 4 heteroatoms. The molecule has 3 aliphatic heterocycles. The maximum Gasteiger partial charge on any atom is 0.209 e. The van der Waals surface area contributed by atoms with Crippen LogP contribution >= 0.6 is 0 Å². The zero-order chi connectivity index (χ0) is 17.9. The normalized spacial score (nSPS) is 33.8. The zero-order valence-electron chi connectivity index (χ0n) is 15.2. The fraction of sp³-hybridized carbons (Fsp3) is 0.571. The van der Waals surface area contributed by atoms with Gasteiger partial charge >= 0.3 is 0 Å². The number of hydrogen-bond acceptors (Lipinski definition) is 3. The fourth-order valence-corrected chi connectivity index (χ4v) is 4.82. The molecule has 3 saturated heterocycles. The first kappa shape index (κ1) is 18.2. The second-order valence-corrected chi connectivity index (χ2v) is 7.58. The fourth-order valence-electron chi connectivity index (χ4n) is 4.82. The number of benzene rings is 1. The Kier molecular flexibility index (Phi) is 5.30. The highest BCUT2D eigenvalue weighted by atomic mass is 16.3. The Morgan fingerprint density at radius 2 is 2.00 bits per heavy atom. The number of aliphatic hydroxyl groups is 1. The summed E-state index contributed by atoms with van der Waals surface area (Å²) in [6.07, 6.45) is 6.22. The van der Waals surface area contributed by atoms with Crippen molar-refractivity contribution in [3.63, 3.8) is 0 Å². The van der Waals surface area contributed by atoms with E-state index in [2.05, 4.69) is 30.5 Å². The number of carbonyl (C=O) groups excluding carboxylic acids is 1. The van der Waals surface area contributed by atoms with Crippen LogP contribution in [-0.2, 0) is 10.3 Å². The van der Waals surface area contributed by atoms with E-state index >= 15 is 0 Å². The number of unbranched alkanes of at least 4 members (excludes halogenated alkanes) is 1. The molecule has 0 saturated carbocycles. The average Bonchev–Trinajstić information content (AvgIpc) is 2.67. The number of carbonyl (C=O) groups is 1. The monoisotopic (exact) mass is 342 g/mol. The van der Waals surface area contributed by atoms with Gasteiger partial charge in [0.05, 0.1) is 11.6 Å². The van der Waals surface area contributed by atoms with Gasteiger partial charge in [-0.15, -0.1) is 6.58 Å². The molecule has 4 nitrogen and oxygen atoms in total. The highest BCUT2D eigenvalue weighted by Crippen LogP contribution is 2.53. The Hall–Kier alpha value is -1.65. The zero-order valence-corrected chi connectivity index (χ0v) is 15.2. The van der Waals surface area contributed by atoms with Crippen molar-refractivity contribution in [3.8, 4) is 0 Å². The van der Waals surface area contributed by atoms with E-state index in [1.165, 1.54) is 0 Å². The molecule has 1 aromatic carbocycles. The van der Waals surface area contributed by atoms with E-state index in [1.54, 1.807) is 0 Å². The van der Waals surface area contributed by atoms with Gasteiger partial charge in [0.1, 0.15) is 0 Å². The van der Waals surface area contributed by atoms with Crippen LogP contribution in [0, 0.1) is 5.41 Å². The molecule has 1 N–H and O–H groups in total. The first-order chi connectivity index (χ1) is 12.1. The molecule has 0 spiro atoms. The lowest BCUT2D eigenvalue weighted by Gasteiger charge is -2.62. The number of hydrogen-bond donors (Lipinski definition) is 1. The van der Waals surface area contributed by atoms with Crippen LogP contribution < -0.4 is 0 Å². The summed E-state index contributed by atoms with van der Waals surface area (Å²) in [5, 5.41) is 11.5. The quantitative estimate of drug-likeness (QED) is 0.584. The minimum Gasteiger partial charge on any atom is -0.390 e. The molecule has 0 radical (unpaired) electrons. The van der Waals surface area contributed by atoms with Crippen molar-refractivity contribution in [2.24, 2.45) is 5.41 Å². The van der Waals surface area contributed by atoms with Crippen molar-refractivity contribution in [1.29, 1.82) is 0 Å². The molecule has 2 atom stereocenters. The third kappa shape index (κ3) is 2.91. The van der Waals surface area contributed by atoms with Gasteiger partial charge in [-0.1, -0.05) is 49.8 Å². The molecule has 3 aliphatic rings. The number of piperidine rings is 3.